The minimum Gasteiger partial charge on any atom is -0.379 e. The summed E-state index contributed by atoms with van der Waals surface area (Å²) in [6.45, 7) is 6.40. The lowest BCUT2D eigenvalue weighted by atomic mass is 10.3. The first-order valence-electron chi connectivity index (χ1n) is 7.33. The molecule has 1 aromatic heterocycles. The average Bonchev–Trinajstić information content (AvgIpc) is 2.84. The number of morpholine rings is 1. The summed E-state index contributed by atoms with van der Waals surface area (Å²) in [6, 6.07) is 8.32. The maximum Gasteiger partial charge on any atom is 0.111 e. The molecule has 0 amide bonds. The molecule has 2 heterocycles. The molecule has 5 heteroatoms. The molecule has 0 atom stereocenters. The van der Waals surface area contributed by atoms with Crippen molar-refractivity contribution in [3.63, 3.8) is 0 Å². The van der Waals surface area contributed by atoms with Gasteiger partial charge in [-0.05, 0) is 18.7 Å². The van der Waals surface area contributed by atoms with E-state index < -0.39 is 0 Å². The number of aromatic nitrogens is 2. The van der Waals surface area contributed by atoms with Gasteiger partial charge in [-0.25, -0.2) is 4.98 Å². The predicted octanol–water partition coefficient (Wildman–Crippen LogP) is 0.870. The van der Waals surface area contributed by atoms with Crippen LogP contribution in [0.25, 0.3) is 11.0 Å². The van der Waals surface area contributed by atoms with Gasteiger partial charge in [0.25, 0.3) is 0 Å². The van der Waals surface area contributed by atoms with E-state index in [0.717, 1.165) is 57.2 Å². The quantitative estimate of drug-likeness (QED) is 0.879. The fourth-order valence-electron chi connectivity index (χ4n) is 2.76. The van der Waals surface area contributed by atoms with Crippen molar-refractivity contribution in [3.05, 3.63) is 30.1 Å². The van der Waals surface area contributed by atoms with Crippen molar-refractivity contribution in [2.45, 2.75) is 13.0 Å². The SMILES string of the molecule is NCCc1nc2ccccc2n1CCN1CCOCC1. The van der Waals surface area contributed by atoms with Crippen LogP contribution in [0.5, 0.6) is 0 Å². The van der Waals surface area contributed by atoms with Crippen LogP contribution in [0.2, 0.25) is 0 Å². The Labute approximate surface area is 119 Å². The highest BCUT2D eigenvalue weighted by molar-refractivity contribution is 5.75. The van der Waals surface area contributed by atoms with Crippen LogP contribution in [-0.4, -0.2) is 53.8 Å². The Bertz CT molecular complexity index is 560. The summed E-state index contributed by atoms with van der Waals surface area (Å²) in [5.74, 6) is 1.10. The number of ether oxygens (including phenoxy) is 1. The van der Waals surface area contributed by atoms with Crippen molar-refractivity contribution in [2.75, 3.05) is 39.4 Å². The van der Waals surface area contributed by atoms with Crippen LogP contribution in [0.1, 0.15) is 5.82 Å². The van der Waals surface area contributed by atoms with Crippen LogP contribution < -0.4 is 5.73 Å². The number of hydrogen-bond donors (Lipinski definition) is 1. The van der Waals surface area contributed by atoms with E-state index in [-0.39, 0.29) is 0 Å². The van der Waals surface area contributed by atoms with E-state index in [2.05, 4.69) is 27.7 Å². The zero-order valence-electron chi connectivity index (χ0n) is 11.8. The highest BCUT2D eigenvalue weighted by Crippen LogP contribution is 2.16. The molecule has 2 N–H and O–H groups in total. The second-order valence-corrected chi connectivity index (χ2v) is 5.16. The third-order valence-electron chi connectivity index (χ3n) is 3.85. The molecule has 3 rings (SSSR count). The van der Waals surface area contributed by atoms with Gasteiger partial charge in [0.2, 0.25) is 0 Å². The monoisotopic (exact) mass is 274 g/mol. The third-order valence-corrected chi connectivity index (χ3v) is 3.85. The lowest BCUT2D eigenvalue weighted by molar-refractivity contribution is 0.0364. The van der Waals surface area contributed by atoms with Crippen LogP contribution in [0.15, 0.2) is 24.3 Å². The molecular formula is C15H22N4O. The summed E-state index contributed by atoms with van der Waals surface area (Å²) in [4.78, 5) is 7.15. The topological polar surface area (TPSA) is 56.3 Å². The van der Waals surface area contributed by atoms with Gasteiger partial charge in [-0.2, -0.15) is 0 Å². The number of fused-ring (bicyclic) bond motifs is 1. The summed E-state index contributed by atoms with van der Waals surface area (Å²) in [6.07, 6.45) is 0.831. The standard InChI is InChI=1S/C15H22N4O/c16-6-5-15-17-13-3-1-2-4-14(13)19(15)8-7-18-9-11-20-12-10-18/h1-4H,5-12,16H2. The second-order valence-electron chi connectivity index (χ2n) is 5.16. The first-order chi connectivity index (χ1) is 9.88. The van der Waals surface area contributed by atoms with E-state index in [4.69, 9.17) is 15.5 Å². The molecule has 0 unspecified atom stereocenters. The molecule has 108 valence electrons. The van der Waals surface area contributed by atoms with Crippen LogP contribution in [0, 0.1) is 0 Å². The number of rotatable bonds is 5. The van der Waals surface area contributed by atoms with E-state index in [1.165, 1.54) is 5.52 Å². The van der Waals surface area contributed by atoms with Crippen molar-refractivity contribution in [1.82, 2.24) is 14.5 Å². The van der Waals surface area contributed by atoms with Crippen LogP contribution >= 0.6 is 0 Å². The fraction of sp³-hybridized carbons (Fsp3) is 0.533. The summed E-state index contributed by atoms with van der Waals surface area (Å²) in [7, 11) is 0. The van der Waals surface area contributed by atoms with E-state index in [1.807, 2.05) is 6.07 Å². The van der Waals surface area contributed by atoms with Crippen molar-refractivity contribution < 1.29 is 4.74 Å². The largest absolute Gasteiger partial charge is 0.379 e. The van der Waals surface area contributed by atoms with Gasteiger partial charge < -0.3 is 15.0 Å². The highest BCUT2D eigenvalue weighted by atomic mass is 16.5. The Kier molecular flexibility index (Phi) is 4.30. The zero-order valence-corrected chi connectivity index (χ0v) is 11.8. The minimum atomic E-state index is 0.640. The molecule has 1 aliphatic rings. The van der Waals surface area contributed by atoms with Crippen LogP contribution in [-0.2, 0) is 17.7 Å². The Morgan fingerprint density at radius 1 is 1.15 bits per heavy atom. The van der Waals surface area contributed by atoms with Gasteiger partial charge in [0.05, 0.1) is 24.2 Å². The Morgan fingerprint density at radius 3 is 2.75 bits per heavy atom. The molecule has 1 saturated heterocycles. The molecule has 0 radical (unpaired) electrons. The van der Waals surface area contributed by atoms with Gasteiger partial charge in [-0.1, -0.05) is 12.1 Å². The predicted molar refractivity (Wildman–Crippen MR) is 79.8 cm³/mol. The first kappa shape index (κ1) is 13.5. The second kappa shape index (κ2) is 6.35. The van der Waals surface area contributed by atoms with Crippen LogP contribution in [0.3, 0.4) is 0 Å². The molecule has 0 bridgehead atoms. The number of para-hydroxylation sites is 2. The van der Waals surface area contributed by atoms with E-state index in [1.54, 1.807) is 0 Å². The fourth-order valence-corrected chi connectivity index (χ4v) is 2.76. The molecule has 2 aromatic rings. The maximum atomic E-state index is 5.71. The Balaban J connectivity index is 1.79. The van der Waals surface area contributed by atoms with Crippen molar-refractivity contribution >= 4 is 11.0 Å². The summed E-state index contributed by atoms with van der Waals surface area (Å²) in [5.41, 5.74) is 7.99. The number of nitrogens with zero attached hydrogens (tertiary/aromatic N) is 3. The van der Waals surface area contributed by atoms with Crippen molar-refractivity contribution in [2.24, 2.45) is 5.73 Å². The van der Waals surface area contributed by atoms with Gasteiger partial charge in [-0.15, -0.1) is 0 Å². The van der Waals surface area contributed by atoms with Crippen LogP contribution in [0.4, 0.5) is 0 Å². The maximum absolute atomic E-state index is 5.71. The van der Waals surface area contributed by atoms with Gasteiger partial charge >= 0.3 is 0 Å². The van der Waals surface area contributed by atoms with Gasteiger partial charge in [0.1, 0.15) is 5.82 Å². The summed E-state index contributed by atoms with van der Waals surface area (Å²) in [5, 5.41) is 0. The molecule has 0 spiro atoms. The number of imidazole rings is 1. The van der Waals surface area contributed by atoms with Gasteiger partial charge in [0, 0.05) is 32.6 Å². The van der Waals surface area contributed by atoms with E-state index in [0.29, 0.717) is 6.54 Å². The Hall–Kier alpha value is -1.43. The smallest absolute Gasteiger partial charge is 0.111 e. The number of nitrogens with two attached hydrogens (primary N) is 1. The molecule has 1 aliphatic heterocycles. The van der Waals surface area contributed by atoms with Crippen molar-refractivity contribution in [1.29, 1.82) is 0 Å². The number of benzene rings is 1. The highest BCUT2D eigenvalue weighted by Gasteiger charge is 2.13. The third kappa shape index (κ3) is 2.85. The molecule has 1 aromatic carbocycles. The Morgan fingerprint density at radius 2 is 1.95 bits per heavy atom. The molecular weight excluding hydrogens is 252 g/mol. The number of hydrogen-bond acceptors (Lipinski definition) is 4. The summed E-state index contributed by atoms with van der Waals surface area (Å²) < 4.78 is 7.71. The van der Waals surface area contributed by atoms with Gasteiger partial charge in [0.15, 0.2) is 0 Å². The molecule has 0 aliphatic carbocycles. The first-order valence-corrected chi connectivity index (χ1v) is 7.33. The summed E-state index contributed by atoms with van der Waals surface area (Å²) >= 11 is 0. The lowest BCUT2D eigenvalue weighted by Crippen LogP contribution is -2.38. The zero-order chi connectivity index (χ0) is 13.8. The normalized spacial score (nSPS) is 16.9. The van der Waals surface area contributed by atoms with E-state index >= 15 is 0 Å². The van der Waals surface area contributed by atoms with Crippen molar-refractivity contribution in [3.8, 4) is 0 Å². The van der Waals surface area contributed by atoms with E-state index in [9.17, 15) is 0 Å². The van der Waals surface area contributed by atoms with Gasteiger partial charge in [-0.3, -0.25) is 4.90 Å². The molecule has 5 nitrogen and oxygen atoms in total. The molecule has 0 saturated carbocycles. The minimum absolute atomic E-state index is 0.640. The molecule has 20 heavy (non-hydrogen) atoms. The molecule has 1 fully saturated rings. The lowest BCUT2D eigenvalue weighted by Gasteiger charge is -2.27. The average molecular weight is 274 g/mol.